The van der Waals surface area contributed by atoms with Gasteiger partial charge in [0.25, 0.3) is 0 Å². The molecule has 1 rings (SSSR count). The summed E-state index contributed by atoms with van der Waals surface area (Å²) in [4.78, 5) is 0. The van der Waals surface area contributed by atoms with Crippen LogP contribution >= 0.6 is 0 Å². The molecule has 0 aromatic carbocycles. The standard InChI is InChI=1S/C10H20O2/c1-8(2)9(3)7-12-10-5-4-6-11-10/h8-10H,4-7H2,1-3H3/t9-,10?/m0/s1. The lowest BCUT2D eigenvalue weighted by molar-refractivity contribution is -0.121. The highest BCUT2D eigenvalue weighted by atomic mass is 16.7. The Hall–Kier alpha value is -0.0800. The smallest absolute Gasteiger partial charge is 0.157 e. The van der Waals surface area contributed by atoms with Crippen LogP contribution in [0.5, 0.6) is 0 Å². The molecule has 1 saturated heterocycles. The van der Waals surface area contributed by atoms with Gasteiger partial charge in [-0.1, -0.05) is 20.8 Å². The van der Waals surface area contributed by atoms with Crippen molar-refractivity contribution in [1.82, 2.24) is 0 Å². The van der Waals surface area contributed by atoms with Crippen molar-refractivity contribution in [2.75, 3.05) is 13.2 Å². The Balaban J connectivity index is 2.07. The number of ether oxygens (including phenoxy) is 2. The largest absolute Gasteiger partial charge is 0.353 e. The van der Waals surface area contributed by atoms with Crippen molar-refractivity contribution in [3.63, 3.8) is 0 Å². The SMILES string of the molecule is CC(C)[C@@H](C)COC1CCCO1. The third-order valence-electron chi connectivity index (χ3n) is 2.57. The van der Waals surface area contributed by atoms with Crippen LogP contribution in [-0.4, -0.2) is 19.5 Å². The predicted octanol–water partition coefficient (Wildman–Crippen LogP) is 2.43. The summed E-state index contributed by atoms with van der Waals surface area (Å²) in [6.45, 7) is 8.38. The van der Waals surface area contributed by atoms with Crippen LogP contribution in [0.2, 0.25) is 0 Å². The van der Waals surface area contributed by atoms with Crippen LogP contribution in [-0.2, 0) is 9.47 Å². The van der Waals surface area contributed by atoms with Gasteiger partial charge in [-0.2, -0.15) is 0 Å². The highest BCUT2D eigenvalue weighted by Crippen LogP contribution is 2.16. The molecular formula is C10H20O2. The Kier molecular flexibility index (Phi) is 4.02. The first-order valence-corrected chi connectivity index (χ1v) is 4.93. The fourth-order valence-corrected chi connectivity index (χ4v) is 1.13. The van der Waals surface area contributed by atoms with Crippen LogP contribution in [0, 0.1) is 11.8 Å². The summed E-state index contributed by atoms with van der Waals surface area (Å²) in [5, 5.41) is 0. The van der Waals surface area contributed by atoms with E-state index in [1.807, 2.05) is 0 Å². The second-order valence-corrected chi connectivity index (χ2v) is 4.00. The van der Waals surface area contributed by atoms with Gasteiger partial charge < -0.3 is 9.47 Å². The van der Waals surface area contributed by atoms with Crippen LogP contribution in [0.15, 0.2) is 0 Å². The zero-order valence-electron chi connectivity index (χ0n) is 8.38. The Morgan fingerprint density at radius 2 is 2.17 bits per heavy atom. The first kappa shape index (κ1) is 10.0. The summed E-state index contributed by atoms with van der Waals surface area (Å²) >= 11 is 0. The summed E-state index contributed by atoms with van der Waals surface area (Å²) in [7, 11) is 0. The lowest BCUT2D eigenvalue weighted by Gasteiger charge is -2.18. The van der Waals surface area contributed by atoms with E-state index in [1.54, 1.807) is 0 Å². The third kappa shape index (κ3) is 3.11. The lowest BCUT2D eigenvalue weighted by Crippen LogP contribution is -2.18. The third-order valence-corrected chi connectivity index (χ3v) is 2.57. The van der Waals surface area contributed by atoms with E-state index >= 15 is 0 Å². The van der Waals surface area contributed by atoms with E-state index in [4.69, 9.17) is 9.47 Å². The molecule has 0 saturated carbocycles. The van der Waals surface area contributed by atoms with Crippen molar-refractivity contribution in [3.05, 3.63) is 0 Å². The average Bonchev–Trinajstić information content (AvgIpc) is 2.51. The maximum atomic E-state index is 5.60. The zero-order valence-corrected chi connectivity index (χ0v) is 8.38. The minimum absolute atomic E-state index is 0.0891. The average molecular weight is 172 g/mol. The summed E-state index contributed by atoms with van der Waals surface area (Å²) in [5.41, 5.74) is 0. The normalized spacial score (nSPS) is 26.5. The molecule has 0 radical (unpaired) electrons. The zero-order chi connectivity index (χ0) is 8.97. The molecule has 0 bridgehead atoms. The molecule has 0 N–H and O–H groups in total. The second-order valence-electron chi connectivity index (χ2n) is 4.00. The number of rotatable bonds is 4. The van der Waals surface area contributed by atoms with Crippen LogP contribution in [0.25, 0.3) is 0 Å². The Morgan fingerprint density at radius 1 is 1.42 bits per heavy atom. The molecule has 1 aliphatic rings. The topological polar surface area (TPSA) is 18.5 Å². The molecule has 0 aromatic rings. The van der Waals surface area contributed by atoms with E-state index in [2.05, 4.69) is 20.8 Å². The Morgan fingerprint density at radius 3 is 2.67 bits per heavy atom. The minimum atomic E-state index is 0.0891. The molecule has 1 unspecified atom stereocenters. The van der Waals surface area contributed by atoms with Gasteiger partial charge in [0.1, 0.15) is 0 Å². The summed E-state index contributed by atoms with van der Waals surface area (Å²) in [6.07, 6.45) is 2.32. The highest BCUT2D eigenvalue weighted by molar-refractivity contribution is 4.59. The van der Waals surface area contributed by atoms with Gasteiger partial charge in [-0.15, -0.1) is 0 Å². The molecule has 72 valence electrons. The molecule has 0 spiro atoms. The van der Waals surface area contributed by atoms with Crippen molar-refractivity contribution in [2.45, 2.75) is 39.9 Å². The van der Waals surface area contributed by atoms with Gasteiger partial charge >= 0.3 is 0 Å². The van der Waals surface area contributed by atoms with Crippen molar-refractivity contribution < 1.29 is 9.47 Å². The fraction of sp³-hybridized carbons (Fsp3) is 1.00. The second kappa shape index (κ2) is 4.83. The minimum Gasteiger partial charge on any atom is -0.353 e. The van der Waals surface area contributed by atoms with E-state index in [0.717, 1.165) is 26.1 Å². The van der Waals surface area contributed by atoms with Crippen LogP contribution in [0.4, 0.5) is 0 Å². The van der Waals surface area contributed by atoms with Crippen molar-refractivity contribution in [2.24, 2.45) is 11.8 Å². The Bertz CT molecular complexity index is 115. The monoisotopic (exact) mass is 172 g/mol. The molecular weight excluding hydrogens is 152 g/mol. The summed E-state index contributed by atoms with van der Waals surface area (Å²) < 4.78 is 11.0. The molecule has 0 aromatic heterocycles. The summed E-state index contributed by atoms with van der Waals surface area (Å²) in [5.74, 6) is 1.33. The van der Waals surface area contributed by atoms with E-state index in [0.29, 0.717) is 11.8 Å². The van der Waals surface area contributed by atoms with Gasteiger partial charge in [-0.3, -0.25) is 0 Å². The van der Waals surface area contributed by atoms with E-state index in [9.17, 15) is 0 Å². The molecule has 0 amide bonds. The maximum Gasteiger partial charge on any atom is 0.157 e. The number of hydrogen-bond donors (Lipinski definition) is 0. The quantitative estimate of drug-likeness (QED) is 0.648. The van der Waals surface area contributed by atoms with Gasteiger partial charge in [0.05, 0.1) is 6.61 Å². The van der Waals surface area contributed by atoms with Crippen molar-refractivity contribution >= 4 is 0 Å². The first-order chi connectivity index (χ1) is 5.70. The number of hydrogen-bond acceptors (Lipinski definition) is 2. The van der Waals surface area contributed by atoms with E-state index in [1.165, 1.54) is 0 Å². The molecule has 2 heteroatoms. The van der Waals surface area contributed by atoms with E-state index in [-0.39, 0.29) is 6.29 Å². The lowest BCUT2D eigenvalue weighted by atomic mass is 9.99. The molecule has 0 aliphatic carbocycles. The fourth-order valence-electron chi connectivity index (χ4n) is 1.13. The summed E-state index contributed by atoms with van der Waals surface area (Å²) in [6, 6.07) is 0. The molecule has 1 heterocycles. The van der Waals surface area contributed by atoms with Crippen LogP contribution in [0.3, 0.4) is 0 Å². The van der Waals surface area contributed by atoms with Crippen molar-refractivity contribution in [3.8, 4) is 0 Å². The van der Waals surface area contributed by atoms with Gasteiger partial charge in [0.2, 0.25) is 0 Å². The van der Waals surface area contributed by atoms with E-state index < -0.39 is 0 Å². The Labute approximate surface area is 75.2 Å². The van der Waals surface area contributed by atoms with Gasteiger partial charge in [-0.05, 0) is 18.3 Å². The molecule has 2 nitrogen and oxygen atoms in total. The predicted molar refractivity (Wildman–Crippen MR) is 48.9 cm³/mol. The highest BCUT2D eigenvalue weighted by Gasteiger charge is 2.17. The maximum absolute atomic E-state index is 5.60. The van der Waals surface area contributed by atoms with Crippen molar-refractivity contribution in [1.29, 1.82) is 0 Å². The van der Waals surface area contributed by atoms with Crippen LogP contribution < -0.4 is 0 Å². The van der Waals surface area contributed by atoms with Gasteiger partial charge in [0.15, 0.2) is 6.29 Å². The molecule has 1 aliphatic heterocycles. The molecule has 2 atom stereocenters. The van der Waals surface area contributed by atoms with Gasteiger partial charge in [-0.25, -0.2) is 0 Å². The molecule has 1 fully saturated rings. The molecule has 12 heavy (non-hydrogen) atoms. The van der Waals surface area contributed by atoms with Gasteiger partial charge in [0, 0.05) is 13.0 Å². The first-order valence-electron chi connectivity index (χ1n) is 4.93. The van der Waals surface area contributed by atoms with Crippen LogP contribution in [0.1, 0.15) is 33.6 Å².